The van der Waals surface area contributed by atoms with E-state index in [4.69, 9.17) is 11.6 Å². The summed E-state index contributed by atoms with van der Waals surface area (Å²) in [5, 5.41) is 19.4. The Balaban J connectivity index is 1.65. The molecular weight excluding hydrogens is 347 g/mol. The molecule has 2 aliphatic rings. The number of hydrogen-bond donors (Lipinski definition) is 2. The molecular formula is C18H24ClFN2O3. The number of aliphatic hydroxyl groups excluding tert-OH is 2. The van der Waals surface area contributed by atoms with Gasteiger partial charge in [-0.25, -0.2) is 4.39 Å². The van der Waals surface area contributed by atoms with Crippen LogP contribution >= 0.6 is 11.6 Å². The third-order valence-electron chi connectivity index (χ3n) is 5.31. The molecule has 2 N–H and O–H groups in total. The topological polar surface area (TPSA) is 64.0 Å². The number of halogens is 2. The van der Waals surface area contributed by atoms with Crippen LogP contribution < -0.4 is 0 Å². The van der Waals surface area contributed by atoms with E-state index in [1.165, 1.54) is 12.1 Å². The molecule has 0 saturated carbocycles. The zero-order valence-electron chi connectivity index (χ0n) is 14.1. The molecule has 2 unspecified atom stereocenters. The van der Waals surface area contributed by atoms with Crippen molar-refractivity contribution in [3.8, 4) is 0 Å². The van der Waals surface area contributed by atoms with Gasteiger partial charge >= 0.3 is 0 Å². The van der Waals surface area contributed by atoms with Gasteiger partial charge in [0, 0.05) is 45.2 Å². The minimum atomic E-state index is -0.471. The van der Waals surface area contributed by atoms with Gasteiger partial charge in [-0.05, 0) is 37.0 Å². The van der Waals surface area contributed by atoms with Gasteiger partial charge in [-0.1, -0.05) is 11.6 Å². The molecule has 2 fully saturated rings. The average molecular weight is 371 g/mol. The summed E-state index contributed by atoms with van der Waals surface area (Å²) in [7, 11) is 0. The van der Waals surface area contributed by atoms with E-state index >= 15 is 0 Å². The van der Waals surface area contributed by atoms with E-state index < -0.39 is 5.82 Å². The van der Waals surface area contributed by atoms with E-state index in [0.717, 1.165) is 38.5 Å². The highest BCUT2D eigenvalue weighted by molar-refractivity contribution is 6.33. The number of likely N-dealkylation sites (tertiary alicyclic amines) is 2. The van der Waals surface area contributed by atoms with Crippen LogP contribution in [-0.4, -0.2) is 71.4 Å². The highest BCUT2D eigenvalue weighted by Crippen LogP contribution is 2.28. The third-order valence-corrected chi connectivity index (χ3v) is 5.62. The van der Waals surface area contributed by atoms with Crippen LogP contribution in [-0.2, 0) is 0 Å². The Kier molecular flexibility index (Phi) is 5.94. The summed E-state index contributed by atoms with van der Waals surface area (Å²) >= 11 is 6.01. The molecule has 1 amide bonds. The summed E-state index contributed by atoms with van der Waals surface area (Å²) in [4.78, 5) is 16.7. The van der Waals surface area contributed by atoms with Crippen molar-refractivity contribution in [2.75, 3.05) is 39.3 Å². The van der Waals surface area contributed by atoms with Crippen LogP contribution in [0.2, 0.25) is 5.02 Å². The lowest BCUT2D eigenvalue weighted by molar-refractivity contribution is 0.0679. The Morgan fingerprint density at radius 3 is 2.56 bits per heavy atom. The SMILES string of the molecule is O=C(c1ccc(F)cc1Cl)N1CC(CO)C(CN2CCC(O)CC2)C1. The maximum Gasteiger partial charge on any atom is 0.255 e. The lowest BCUT2D eigenvalue weighted by Gasteiger charge is -2.32. The number of carbonyl (C=O) groups is 1. The van der Waals surface area contributed by atoms with Crippen molar-refractivity contribution in [1.82, 2.24) is 9.80 Å². The molecule has 0 spiro atoms. The maximum absolute atomic E-state index is 13.2. The summed E-state index contributed by atoms with van der Waals surface area (Å²) in [6, 6.07) is 3.79. The number of nitrogens with zero attached hydrogens (tertiary/aromatic N) is 2. The van der Waals surface area contributed by atoms with Crippen LogP contribution in [0.25, 0.3) is 0 Å². The zero-order chi connectivity index (χ0) is 18.0. The molecule has 2 atom stereocenters. The van der Waals surface area contributed by atoms with Gasteiger partial charge in [0.2, 0.25) is 0 Å². The fraction of sp³-hybridized carbons (Fsp3) is 0.611. The van der Waals surface area contributed by atoms with Crippen LogP contribution in [0.1, 0.15) is 23.2 Å². The van der Waals surface area contributed by atoms with Crippen LogP contribution in [0.4, 0.5) is 4.39 Å². The Bertz CT molecular complexity index is 622. The highest BCUT2D eigenvalue weighted by Gasteiger charge is 2.37. The summed E-state index contributed by atoms with van der Waals surface area (Å²) in [5.74, 6) is -0.486. The van der Waals surface area contributed by atoms with Crippen LogP contribution in [0, 0.1) is 17.7 Å². The summed E-state index contributed by atoms with van der Waals surface area (Å²) in [5.41, 5.74) is 0.293. The number of amides is 1. The molecule has 1 aromatic rings. The van der Waals surface area contributed by atoms with Crippen LogP contribution in [0.3, 0.4) is 0 Å². The molecule has 25 heavy (non-hydrogen) atoms. The van der Waals surface area contributed by atoms with Gasteiger partial charge in [-0.3, -0.25) is 4.79 Å². The van der Waals surface area contributed by atoms with Crippen LogP contribution in [0.15, 0.2) is 18.2 Å². The molecule has 1 aromatic carbocycles. The lowest BCUT2D eigenvalue weighted by Crippen LogP contribution is -2.40. The second-order valence-electron chi connectivity index (χ2n) is 7.07. The van der Waals surface area contributed by atoms with Crippen molar-refractivity contribution in [3.05, 3.63) is 34.6 Å². The Hall–Kier alpha value is -1.21. The first-order chi connectivity index (χ1) is 12.0. The Morgan fingerprint density at radius 1 is 1.24 bits per heavy atom. The van der Waals surface area contributed by atoms with E-state index in [1.807, 2.05) is 0 Å². The minimum absolute atomic E-state index is 0.0232. The Labute approximate surface area is 152 Å². The molecule has 2 saturated heterocycles. The largest absolute Gasteiger partial charge is 0.396 e. The fourth-order valence-corrected chi connectivity index (χ4v) is 4.03. The molecule has 138 valence electrons. The number of hydrogen-bond acceptors (Lipinski definition) is 4. The van der Waals surface area contributed by atoms with E-state index in [0.29, 0.717) is 18.7 Å². The third kappa shape index (κ3) is 4.31. The summed E-state index contributed by atoms with van der Waals surface area (Å²) < 4.78 is 13.2. The second kappa shape index (κ2) is 7.99. The van der Waals surface area contributed by atoms with Gasteiger partial charge in [0.25, 0.3) is 5.91 Å². The molecule has 3 rings (SSSR count). The lowest BCUT2D eigenvalue weighted by atomic mass is 9.95. The molecule has 0 bridgehead atoms. The van der Waals surface area contributed by atoms with Gasteiger partial charge in [0.15, 0.2) is 0 Å². The minimum Gasteiger partial charge on any atom is -0.396 e. The first-order valence-electron chi connectivity index (χ1n) is 8.73. The van der Waals surface area contributed by atoms with Gasteiger partial charge in [0.1, 0.15) is 5.82 Å². The zero-order valence-corrected chi connectivity index (χ0v) is 14.8. The van der Waals surface area contributed by atoms with E-state index in [-0.39, 0.29) is 35.5 Å². The van der Waals surface area contributed by atoms with Crippen molar-refractivity contribution in [1.29, 1.82) is 0 Å². The Morgan fingerprint density at radius 2 is 1.92 bits per heavy atom. The molecule has 2 aliphatic heterocycles. The predicted molar refractivity (Wildman–Crippen MR) is 93.1 cm³/mol. The molecule has 2 heterocycles. The van der Waals surface area contributed by atoms with E-state index in [9.17, 15) is 19.4 Å². The quantitative estimate of drug-likeness (QED) is 0.845. The molecule has 0 aromatic heterocycles. The number of benzene rings is 1. The number of carbonyl (C=O) groups excluding carboxylic acids is 1. The highest BCUT2D eigenvalue weighted by atomic mass is 35.5. The predicted octanol–water partition coefficient (Wildman–Crippen LogP) is 1.62. The number of rotatable bonds is 4. The summed E-state index contributed by atoms with van der Waals surface area (Å²) in [6.07, 6.45) is 1.32. The fourth-order valence-electron chi connectivity index (χ4n) is 3.79. The van der Waals surface area contributed by atoms with Gasteiger partial charge in [-0.15, -0.1) is 0 Å². The van der Waals surface area contributed by atoms with Gasteiger partial charge in [-0.2, -0.15) is 0 Å². The normalized spacial score (nSPS) is 25.5. The standard InChI is InChI=1S/C18H24ClFN2O3/c19-17-7-14(20)1-2-16(17)18(25)22-9-12(13(10-22)11-23)8-21-5-3-15(24)4-6-21/h1-2,7,12-13,15,23-24H,3-6,8-11H2. The van der Waals surface area contributed by atoms with Crippen molar-refractivity contribution in [3.63, 3.8) is 0 Å². The molecule has 0 radical (unpaired) electrons. The van der Waals surface area contributed by atoms with Crippen molar-refractivity contribution in [2.24, 2.45) is 11.8 Å². The molecule has 5 nitrogen and oxygen atoms in total. The van der Waals surface area contributed by atoms with Gasteiger partial charge in [0.05, 0.1) is 16.7 Å². The number of aliphatic hydroxyl groups is 2. The van der Waals surface area contributed by atoms with Crippen molar-refractivity contribution < 1.29 is 19.4 Å². The second-order valence-corrected chi connectivity index (χ2v) is 7.48. The van der Waals surface area contributed by atoms with Crippen molar-refractivity contribution in [2.45, 2.75) is 18.9 Å². The average Bonchev–Trinajstić information content (AvgIpc) is 2.99. The molecule has 7 heteroatoms. The molecule has 0 aliphatic carbocycles. The van der Waals surface area contributed by atoms with Crippen molar-refractivity contribution >= 4 is 17.5 Å². The maximum atomic E-state index is 13.2. The van der Waals surface area contributed by atoms with E-state index in [1.54, 1.807) is 4.90 Å². The van der Waals surface area contributed by atoms with E-state index in [2.05, 4.69) is 4.90 Å². The first kappa shape index (κ1) is 18.6. The van der Waals surface area contributed by atoms with Crippen LogP contribution in [0.5, 0.6) is 0 Å². The number of piperidine rings is 1. The summed E-state index contributed by atoms with van der Waals surface area (Å²) in [6.45, 7) is 3.54. The monoisotopic (exact) mass is 370 g/mol. The first-order valence-corrected chi connectivity index (χ1v) is 9.11. The smallest absolute Gasteiger partial charge is 0.255 e. The van der Waals surface area contributed by atoms with Gasteiger partial charge < -0.3 is 20.0 Å².